The van der Waals surface area contributed by atoms with Crippen molar-refractivity contribution in [2.24, 2.45) is 11.8 Å². The van der Waals surface area contributed by atoms with Crippen LogP contribution in [0.1, 0.15) is 44.8 Å². The number of carbonyl (C=O) groups is 4. The van der Waals surface area contributed by atoms with Gasteiger partial charge >= 0.3 is 5.97 Å². The topological polar surface area (TPSA) is 127 Å². The molecule has 0 radical (unpaired) electrons. The average Bonchev–Trinajstić information content (AvgIpc) is 3.45. The van der Waals surface area contributed by atoms with Crippen molar-refractivity contribution in [1.29, 1.82) is 0 Å². The zero-order chi connectivity index (χ0) is 28.1. The molecule has 2 amide bonds. The molecule has 3 aromatic rings. The van der Waals surface area contributed by atoms with Crippen LogP contribution >= 0.6 is 0 Å². The normalized spacial score (nSPS) is 22.5. The van der Waals surface area contributed by atoms with E-state index in [2.05, 4.69) is 0 Å². The van der Waals surface area contributed by atoms with Gasteiger partial charge in [0.2, 0.25) is 11.8 Å². The molecule has 2 fully saturated rings. The molecule has 1 unspecified atom stereocenters. The van der Waals surface area contributed by atoms with E-state index in [1.165, 1.54) is 48.5 Å². The van der Waals surface area contributed by atoms with Gasteiger partial charge in [0, 0.05) is 23.9 Å². The Bertz CT molecular complexity index is 1600. The minimum Gasteiger partial charge on any atom is -0.462 e. The van der Waals surface area contributed by atoms with E-state index in [-0.39, 0.29) is 23.4 Å². The van der Waals surface area contributed by atoms with Gasteiger partial charge < -0.3 is 9.64 Å². The van der Waals surface area contributed by atoms with Crippen molar-refractivity contribution in [3.8, 4) is 0 Å². The van der Waals surface area contributed by atoms with Crippen LogP contribution in [0, 0.1) is 22.0 Å². The highest BCUT2D eigenvalue weighted by atomic mass is 16.6. The van der Waals surface area contributed by atoms with Crippen molar-refractivity contribution in [3.05, 3.63) is 111 Å². The van der Waals surface area contributed by atoms with Crippen LogP contribution in [0.15, 0.2) is 79.0 Å². The van der Waals surface area contributed by atoms with Crippen molar-refractivity contribution in [2.75, 3.05) is 11.5 Å². The summed E-state index contributed by atoms with van der Waals surface area (Å²) < 4.78 is 5.02. The lowest BCUT2D eigenvalue weighted by Gasteiger charge is -2.35. The highest BCUT2D eigenvalue weighted by Gasteiger charge is 2.64. The van der Waals surface area contributed by atoms with Crippen molar-refractivity contribution >= 4 is 41.0 Å². The first kappa shape index (κ1) is 25.2. The summed E-state index contributed by atoms with van der Waals surface area (Å²) in [5.41, 5.74) is 2.36. The number of fused-ring (bicyclic) bond motifs is 5. The van der Waals surface area contributed by atoms with E-state index in [1.807, 2.05) is 30.3 Å². The van der Waals surface area contributed by atoms with Crippen molar-refractivity contribution in [3.63, 3.8) is 0 Å². The molecule has 3 aromatic carbocycles. The first-order valence-electron chi connectivity index (χ1n) is 12.8. The van der Waals surface area contributed by atoms with E-state index in [4.69, 9.17) is 4.74 Å². The summed E-state index contributed by atoms with van der Waals surface area (Å²) in [4.78, 5) is 67.4. The zero-order valence-electron chi connectivity index (χ0n) is 21.3. The third kappa shape index (κ3) is 3.79. The third-order valence-corrected chi connectivity index (χ3v) is 7.73. The Morgan fingerprint density at radius 1 is 0.900 bits per heavy atom. The molecule has 6 rings (SSSR count). The first-order chi connectivity index (χ1) is 19.3. The fourth-order valence-corrected chi connectivity index (χ4v) is 5.99. The molecule has 10 nitrogen and oxygen atoms in total. The first-order valence-corrected chi connectivity index (χ1v) is 12.8. The molecule has 10 heteroatoms. The molecule has 40 heavy (non-hydrogen) atoms. The molecular weight excluding hydrogens is 514 g/mol. The second-order valence-corrected chi connectivity index (χ2v) is 9.78. The Kier molecular flexibility index (Phi) is 6.02. The maximum Gasteiger partial charge on any atom is 0.338 e. The molecule has 0 aliphatic carbocycles. The maximum atomic E-state index is 14.0. The summed E-state index contributed by atoms with van der Waals surface area (Å²) in [6.45, 7) is 1.91. The van der Waals surface area contributed by atoms with Gasteiger partial charge in [-0.05, 0) is 60.5 Å². The molecule has 3 aliphatic rings. The second-order valence-electron chi connectivity index (χ2n) is 9.78. The lowest BCUT2D eigenvalue weighted by molar-refractivity contribution is -0.384. The number of hydrogen-bond donors (Lipinski definition) is 0. The predicted molar refractivity (Wildman–Crippen MR) is 143 cm³/mol. The van der Waals surface area contributed by atoms with Crippen LogP contribution in [-0.4, -0.2) is 46.0 Å². The number of amides is 2. The predicted octanol–water partition coefficient (Wildman–Crippen LogP) is 4.17. The molecule has 2 saturated heterocycles. The Morgan fingerprint density at radius 2 is 1.55 bits per heavy atom. The van der Waals surface area contributed by atoms with Gasteiger partial charge in [0.15, 0.2) is 5.78 Å². The summed E-state index contributed by atoms with van der Waals surface area (Å²) in [5, 5.41) is 11.1. The molecule has 0 spiro atoms. The number of imide groups is 1. The summed E-state index contributed by atoms with van der Waals surface area (Å²) >= 11 is 0. The van der Waals surface area contributed by atoms with Crippen LogP contribution in [0.2, 0.25) is 0 Å². The number of nitro groups is 1. The molecule has 0 bridgehead atoms. The summed E-state index contributed by atoms with van der Waals surface area (Å²) in [6, 6.07) is 17.2. The Hall–Kier alpha value is -5.12. The number of anilines is 1. The molecule has 0 saturated carbocycles. The quantitative estimate of drug-likeness (QED) is 0.151. The van der Waals surface area contributed by atoms with Gasteiger partial charge in [0.25, 0.3) is 5.69 Å². The largest absolute Gasteiger partial charge is 0.462 e. The monoisotopic (exact) mass is 537 g/mol. The zero-order valence-corrected chi connectivity index (χ0v) is 21.3. The van der Waals surface area contributed by atoms with E-state index in [0.29, 0.717) is 5.69 Å². The molecule has 3 heterocycles. The number of ether oxygens (including phenoxy) is 1. The minimum atomic E-state index is -0.999. The van der Waals surface area contributed by atoms with E-state index in [9.17, 15) is 29.3 Å². The summed E-state index contributed by atoms with van der Waals surface area (Å²) in [6.07, 6.45) is 3.60. The van der Waals surface area contributed by atoms with E-state index in [0.717, 1.165) is 16.0 Å². The van der Waals surface area contributed by atoms with Crippen LogP contribution in [-0.2, 0) is 14.3 Å². The van der Waals surface area contributed by atoms with Crippen LogP contribution in [0.5, 0.6) is 0 Å². The number of hydrogen-bond acceptors (Lipinski definition) is 8. The number of carbonyl (C=O) groups excluding carboxylic acids is 4. The van der Waals surface area contributed by atoms with Crippen LogP contribution in [0.3, 0.4) is 0 Å². The number of ketones is 1. The van der Waals surface area contributed by atoms with E-state index < -0.39 is 52.4 Å². The van der Waals surface area contributed by atoms with Crippen LogP contribution in [0.25, 0.3) is 6.08 Å². The lowest BCUT2D eigenvalue weighted by atomic mass is 9.83. The fourth-order valence-electron chi connectivity index (χ4n) is 5.99. The molecule has 0 aromatic heterocycles. The molecule has 200 valence electrons. The summed E-state index contributed by atoms with van der Waals surface area (Å²) in [7, 11) is 0. The van der Waals surface area contributed by atoms with Crippen LogP contribution in [0.4, 0.5) is 11.4 Å². The Morgan fingerprint density at radius 3 is 2.23 bits per heavy atom. The minimum absolute atomic E-state index is 0.157. The van der Waals surface area contributed by atoms with Crippen molar-refractivity contribution < 1.29 is 28.8 Å². The second kappa shape index (κ2) is 9.57. The average molecular weight is 538 g/mol. The number of nitro benzene ring substituents is 1. The van der Waals surface area contributed by atoms with Gasteiger partial charge in [-0.3, -0.25) is 24.5 Å². The number of non-ortho nitro benzene ring substituents is 1. The lowest BCUT2D eigenvalue weighted by Crippen LogP contribution is -2.44. The highest BCUT2D eigenvalue weighted by Crippen LogP contribution is 2.53. The van der Waals surface area contributed by atoms with E-state index in [1.54, 1.807) is 18.0 Å². The number of esters is 1. The highest BCUT2D eigenvalue weighted by molar-refractivity contribution is 6.24. The Balaban J connectivity index is 1.41. The maximum absolute atomic E-state index is 14.0. The number of benzene rings is 3. The number of rotatable bonds is 6. The van der Waals surface area contributed by atoms with Gasteiger partial charge in [-0.15, -0.1) is 0 Å². The molecular formula is C30H23N3O7. The number of nitrogens with zero attached hydrogens (tertiary/aromatic N) is 3. The molecule has 4 atom stereocenters. The van der Waals surface area contributed by atoms with Crippen molar-refractivity contribution in [1.82, 2.24) is 4.90 Å². The third-order valence-electron chi connectivity index (χ3n) is 7.73. The number of Topliss-reactive ketones (excluding diaryl/α,β-unsaturated/α-hetero) is 1. The van der Waals surface area contributed by atoms with Crippen LogP contribution < -0.4 is 4.90 Å². The molecule has 3 aliphatic heterocycles. The van der Waals surface area contributed by atoms with E-state index >= 15 is 0 Å². The van der Waals surface area contributed by atoms with Gasteiger partial charge in [-0.1, -0.05) is 24.3 Å². The smallest absolute Gasteiger partial charge is 0.338 e. The van der Waals surface area contributed by atoms with Crippen molar-refractivity contribution in [2.45, 2.75) is 19.0 Å². The van der Waals surface area contributed by atoms with Gasteiger partial charge in [0.1, 0.15) is 6.04 Å². The van der Waals surface area contributed by atoms with Gasteiger partial charge in [0.05, 0.1) is 40.7 Å². The van der Waals surface area contributed by atoms with Gasteiger partial charge in [-0.25, -0.2) is 9.69 Å². The SMILES string of the molecule is CCOC(=O)c1ccc(N2C(=O)[C@@H]3[C@H](C2=O)C2c4ccccc4C=CN2[C@@H]3C(=O)c2ccc([N+](=O)[O-])cc2)cc1. The Labute approximate surface area is 228 Å². The fraction of sp³-hybridized carbons (Fsp3) is 0.200. The molecule has 0 N–H and O–H groups in total. The standard InChI is InChI=1S/C30H23N3O7/c1-2-40-30(37)19-9-11-20(12-10-19)32-28(35)23-24(29(32)36)26(27(34)18-7-13-21(14-8-18)33(38)39)31-16-15-17-5-3-4-6-22(17)25(23)31/h3-16,23-26H,2H2,1H3/t23-,24+,25?,26-/m0/s1. The summed E-state index contributed by atoms with van der Waals surface area (Å²) in [5.74, 6) is -3.69. The van der Waals surface area contributed by atoms with Gasteiger partial charge in [-0.2, -0.15) is 0 Å².